The molecule has 6 nitrogen and oxygen atoms in total. The molecular formula is C54H49N5OPt. The van der Waals surface area contributed by atoms with Gasteiger partial charge in [-0.3, -0.25) is 9.36 Å². The molecule has 6 aromatic carbocycles. The number of rotatable bonds is 9. The van der Waals surface area contributed by atoms with Gasteiger partial charge < -0.3 is 8.98 Å². The van der Waals surface area contributed by atoms with Gasteiger partial charge in [-0.15, -0.1) is 52.6 Å². The average Bonchev–Trinajstić information content (AvgIpc) is 4.07. The summed E-state index contributed by atoms with van der Waals surface area (Å²) in [5.41, 5.74) is 16.6. The van der Waals surface area contributed by atoms with Crippen LogP contribution in [0.3, 0.4) is 0 Å². The summed E-state index contributed by atoms with van der Waals surface area (Å²) >= 11 is 0. The van der Waals surface area contributed by atoms with E-state index < -0.39 is 0 Å². The van der Waals surface area contributed by atoms with Gasteiger partial charge in [0.25, 0.3) is 0 Å². The Bertz CT molecular complexity index is 3180. The predicted octanol–water partition coefficient (Wildman–Crippen LogP) is 14.5. The second-order valence-corrected chi connectivity index (χ2v) is 17.4. The van der Waals surface area contributed by atoms with E-state index in [0.29, 0.717) is 23.7 Å². The van der Waals surface area contributed by atoms with Gasteiger partial charge in [0.05, 0.1) is 18.0 Å². The standard InChI is InChI=1S/C54H49N5O.Pt/c1-32(2)41-16-12-17-42(33(3)4)51(41)36-28-55-57(30-36)39-20-22-47-45(26-39)53-48(59(47)38-14-10-9-11-15-38)23-25-50-54(53)46-27-40(21-24-49(46)60-50)58-31-37(29-56-58)52-43(34(5)6)18-13-19-44(52)35(7)8;/h9-25,28-35H,1-8H3;/q-2;+2. The zero-order valence-corrected chi connectivity index (χ0v) is 38.2. The normalized spacial score (nSPS) is 12.1. The Morgan fingerprint density at radius 2 is 0.951 bits per heavy atom. The minimum absolute atomic E-state index is 0. The monoisotopic (exact) mass is 978 g/mol. The number of hydrogen-bond donors (Lipinski definition) is 0. The first-order chi connectivity index (χ1) is 29.1. The second kappa shape index (κ2) is 15.8. The van der Waals surface area contributed by atoms with Crippen LogP contribution in [0.1, 0.15) is 101 Å². The molecule has 0 amide bonds. The maximum Gasteiger partial charge on any atom is 2.00 e. The fourth-order valence-corrected chi connectivity index (χ4v) is 9.24. The molecule has 61 heavy (non-hydrogen) atoms. The summed E-state index contributed by atoms with van der Waals surface area (Å²) in [5.74, 6) is 1.53. The number of nitrogens with zero attached hydrogens (tertiary/aromatic N) is 5. The van der Waals surface area contributed by atoms with Crippen LogP contribution in [0.15, 0.2) is 132 Å². The van der Waals surface area contributed by atoms with Gasteiger partial charge in [0.1, 0.15) is 0 Å². The van der Waals surface area contributed by atoms with Crippen LogP contribution in [0, 0.1) is 12.1 Å². The Balaban J connectivity index is 0.00000476. The van der Waals surface area contributed by atoms with Crippen molar-refractivity contribution in [1.29, 1.82) is 0 Å². The Labute approximate surface area is 372 Å². The molecule has 7 heteroatoms. The van der Waals surface area contributed by atoms with E-state index in [1.807, 2.05) is 33.9 Å². The van der Waals surface area contributed by atoms with Crippen molar-refractivity contribution in [3.05, 3.63) is 162 Å². The second-order valence-electron chi connectivity index (χ2n) is 17.4. The Kier molecular flexibility index (Phi) is 10.5. The number of furan rings is 1. The van der Waals surface area contributed by atoms with Gasteiger partial charge in [-0.2, -0.15) is 10.2 Å². The van der Waals surface area contributed by atoms with Crippen LogP contribution in [0.2, 0.25) is 0 Å². The topological polar surface area (TPSA) is 53.7 Å². The summed E-state index contributed by atoms with van der Waals surface area (Å²) in [6, 6.07) is 44.2. The van der Waals surface area contributed by atoms with Crippen molar-refractivity contribution in [3.63, 3.8) is 0 Å². The van der Waals surface area contributed by atoms with Gasteiger partial charge in [0.15, 0.2) is 0 Å². The molecule has 0 bridgehead atoms. The zero-order chi connectivity index (χ0) is 41.4. The summed E-state index contributed by atoms with van der Waals surface area (Å²) in [5, 5.41) is 13.9. The molecule has 10 aromatic rings. The van der Waals surface area contributed by atoms with Gasteiger partial charge >= 0.3 is 21.1 Å². The van der Waals surface area contributed by atoms with Crippen molar-refractivity contribution in [2.45, 2.75) is 79.1 Å². The molecule has 0 saturated heterocycles. The molecule has 0 unspecified atom stereocenters. The zero-order valence-electron chi connectivity index (χ0n) is 35.9. The van der Waals surface area contributed by atoms with Crippen molar-refractivity contribution in [1.82, 2.24) is 24.1 Å². The van der Waals surface area contributed by atoms with Crippen LogP contribution in [0.25, 0.3) is 83.1 Å². The van der Waals surface area contributed by atoms with Crippen molar-refractivity contribution >= 4 is 43.7 Å². The molecule has 0 spiro atoms. The predicted molar refractivity (Wildman–Crippen MR) is 247 cm³/mol. The number of fused-ring (bicyclic) bond motifs is 7. The van der Waals surface area contributed by atoms with Crippen molar-refractivity contribution in [2.75, 3.05) is 0 Å². The molecule has 0 atom stereocenters. The first-order valence-electron chi connectivity index (χ1n) is 21.3. The Hall–Kier alpha value is -5.97. The Morgan fingerprint density at radius 1 is 0.475 bits per heavy atom. The van der Waals surface area contributed by atoms with Crippen LogP contribution in [0.4, 0.5) is 0 Å². The Morgan fingerprint density at radius 3 is 1.48 bits per heavy atom. The minimum Gasteiger partial charge on any atom is -0.511 e. The fraction of sp³-hybridized carbons (Fsp3) is 0.222. The van der Waals surface area contributed by atoms with Crippen molar-refractivity contribution < 1.29 is 25.5 Å². The molecule has 0 saturated carbocycles. The maximum atomic E-state index is 6.60. The molecule has 4 aromatic heterocycles. The molecule has 0 aliphatic carbocycles. The largest absolute Gasteiger partial charge is 2.00 e. The van der Waals surface area contributed by atoms with E-state index in [2.05, 4.69) is 175 Å². The molecular weight excluding hydrogens is 930 g/mol. The van der Waals surface area contributed by atoms with Gasteiger partial charge in [0.2, 0.25) is 0 Å². The van der Waals surface area contributed by atoms with E-state index in [0.717, 1.165) is 71.9 Å². The van der Waals surface area contributed by atoms with Crippen molar-refractivity contribution in [3.8, 4) is 39.3 Å². The van der Waals surface area contributed by atoms with Crippen molar-refractivity contribution in [2.24, 2.45) is 0 Å². The minimum atomic E-state index is 0. The van der Waals surface area contributed by atoms with E-state index >= 15 is 0 Å². The van der Waals surface area contributed by atoms with Crippen LogP contribution < -0.4 is 0 Å². The molecule has 10 rings (SSSR count). The van der Waals surface area contributed by atoms with E-state index in [4.69, 9.17) is 14.6 Å². The number of aromatic nitrogens is 5. The molecule has 0 fully saturated rings. The maximum absolute atomic E-state index is 6.60. The summed E-state index contributed by atoms with van der Waals surface area (Å²) in [7, 11) is 0. The third-order valence-corrected chi connectivity index (χ3v) is 12.1. The van der Waals surface area contributed by atoms with Crippen LogP contribution in [-0.4, -0.2) is 24.1 Å². The first kappa shape index (κ1) is 40.4. The first-order valence-corrected chi connectivity index (χ1v) is 21.3. The average molecular weight is 979 g/mol. The molecule has 4 heterocycles. The van der Waals surface area contributed by atoms with Gasteiger partial charge in [-0.1, -0.05) is 115 Å². The molecule has 306 valence electrons. The number of benzene rings is 6. The summed E-state index contributed by atoms with van der Waals surface area (Å²) in [6.07, 6.45) is 8.30. The van der Waals surface area contributed by atoms with Crippen LogP contribution in [0.5, 0.6) is 0 Å². The molecule has 0 N–H and O–H groups in total. The SMILES string of the molecule is CC(C)c1cccc(C(C)C)c1-c1cnn(-c2[c-]c3c(cc2)oc2ccc4c(c5[c-]c(-n6cc(-c7c(C(C)C)cccc7C(C)C)cn6)ccc5n4-c4ccccc4)c23)c1.[Pt+2]. The van der Waals surface area contributed by atoms with Gasteiger partial charge in [-0.05, 0) is 104 Å². The van der Waals surface area contributed by atoms with Gasteiger partial charge in [-0.25, -0.2) is 0 Å². The van der Waals surface area contributed by atoms with E-state index in [-0.39, 0.29) is 21.1 Å². The summed E-state index contributed by atoms with van der Waals surface area (Å²) < 4.78 is 12.8. The molecule has 0 aliphatic rings. The molecule has 0 aliphatic heterocycles. The third kappa shape index (κ3) is 6.77. The fourth-order valence-electron chi connectivity index (χ4n) is 9.24. The number of para-hydroxylation sites is 1. The van der Waals surface area contributed by atoms with Gasteiger partial charge in [0, 0.05) is 34.8 Å². The van der Waals surface area contributed by atoms with Crippen LogP contribution >= 0.6 is 0 Å². The smallest absolute Gasteiger partial charge is 0.511 e. The van der Waals surface area contributed by atoms with E-state index in [1.165, 1.54) is 33.4 Å². The summed E-state index contributed by atoms with van der Waals surface area (Å²) in [4.78, 5) is 0. The van der Waals surface area contributed by atoms with Crippen LogP contribution in [-0.2, 0) is 21.1 Å². The number of hydrogen-bond acceptors (Lipinski definition) is 3. The third-order valence-electron chi connectivity index (χ3n) is 12.1. The van der Waals surface area contributed by atoms with E-state index in [9.17, 15) is 0 Å². The quantitative estimate of drug-likeness (QED) is 0.135. The van der Waals surface area contributed by atoms with E-state index in [1.54, 1.807) is 0 Å². The summed E-state index contributed by atoms with van der Waals surface area (Å²) in [6.45, 7) is 18.1. The molecule has 0 radical (unpaired) electrons.